The van der Waals surface area contributed by atoms with Crippen molar-refractivity contribution in [3.05, 3.63) is 45.5 Å². The number of allylic oxidation sites excluding steroid dienone is 1. The smallest absolute Gasteiger partial charge is 0.354 e. The lowest BCUT2D eigenvalue weighted by Gasteiger charge is -2.34. The second-order valence-corrected chi connectivity index (χ2v) is 5.00. The highest BCUT2D eigenvalue weighted by Crippen LogP contribution is 2.32. The molecule has 2 N–H and O–H groups in total. The van der Waals surface area contributed by atoms with Crippen molar-refractivity contribution in [2.24, 2.45) is 4.99 Å². The third-order valence-electron chi connectivity index (χ3n) is 3.42. The standard InChI is InChI=1S/C14H12FN3O6/c1-6-11(13(19)20)17(12(14(21)22)7(2)16-6)8-3-4-9(15)10(5-8)18(23)24/h3-5,11H,1-2H3,(H,19,20)(H,21,22). The highest BCUT2D eigenvalue weighted by molar-refractivity contribution is 6.12. The van der Waals surface area contributed by atoms with Gasteiger partial charge in [-0.3, -0.25) is 15.1 Å². The first-order valence-electron chi connectivity index (χ1n) is 6.60. The van der Waals surface area contributed by atoms with Gasteiger partial charge in [0.1, 0.15) is 5.70 Å². The molecule has 1 atom stereocenters. The zero-order valence-corrected chi connectivity index (χ0v) is 12.6. The minimum atomic E-state index is -1.48. The van der Waals surface area contributed by atoms with Crippen LogP contribution in [0.1, 0.15) is 13.8 Å². The first-order valence-corrected chi connectivity index (χ1v) is 6.60. The second-order valence-electron chi connectivity index (χ2n) is 5.00. The van der Waals surface area contributed by atoms with Crippen LogP contribution < -0.4 is 4.90 Å². The predicted octanol–water partition coefficient (Wildman–Crippen LogP) is 1.78. The number of nitrogens with zero attached hydrogens (tertiary/aromatic N) is 3. The van der Waals surface area contributed by atoms with Gasteiger partial charge < -0.3 is 15.1 Å². The number of hydrogen-bond acceptors (Lipinski definition) is 6. The van der Waals surface area contributed by atoms with Crippen LogP contribution in [0, 0.1) is 15.9 Å². The summed E-state index contributed by atoms with van der Waals surface area (Å²) in [6, 6.07) is 1.17. The summed E-state index contributed by atoms with van der Waals surface area (Å²) >= 11 is 0. The van der Waals surface area contributed by atoms with Crippen molar-refractivity contribution in [3.63, 3.8) is 0 Å². The maximum atomic E-state index is 13.5. The third-order valence-corrected chi connectivity index (χ3v) is 3.42. The van der Waals surface area contributed by atoms with Gasteiger partial charge in [0.05, 0.1) is 10.6 Å². The van der Waals surface area contributed by atoms with Gasteiger partial charge in [0.25, 0.3) is 0 Å². The number of halogens is 1. The molecule has 0 aromatic heterocycles. The molecule has 2 rings (SSSR count). The van der Waals surface area contributed by atoms with E-state index in [1.165, 1.54) is 13.8 Å². The Morgan fingerprint density at radius 3 is 2.46 bits per heavy atom. The lowest BCUT2D eigenvalue weighted by Crippen LogP contribution is -2.49. The average Bonchev–Trinajstić information content (AvgIpc) is 2.45. The highest BCUT2D eigenvalue weighted by atomic mass is 19.1. The van der Waals surface area contributed by atoms with E-state index in [2.05, 4.69) is 4.99 Å². The van der Waals surface area contributed by atoms with Crippen LogP contribution in [0.5, 0.6) is 0 Å². The minimum absolute atomic E-state index is 0.0319. The average molecular weight is 337 g/mol. The summed E-state index contributed by atoms with van der Waals surface area (Å²) in [7, 11) is 0. The van der Waals surface area contributed by atoms with Gasteiger partial charge >= 0.3 is 17.6 Å². The Kier molecular flexibility index (Phi) is 4.31. The highest BCUT2D eigenvalue weighted by Gasteiger charge is 2.38. The number of nitro benzene ring substituents is 1. The maximum absolute atomic E-state index is 13.5. The van der Waals surface area contributed by atoms with Gasteiger partial charge in [-0.15, -0.1) is 0 Å². The quantitative estimate of drug-likeness (QED) is 0.632. The fourth-order valence-corrected chi connectivity index (χ4v) is 2.48. The van der Waals surface area contributed by atoms with Crippen molar-refractivity contribution in [2.75, 3.05) is 4.90 Å². The van der Waals surface area contributed by atoms with Gasteiger partial charge in [-0.25, -0.2) is 9.59 Å². The Morgan fingerprint density at radius 2 is 1.96 bits per heavy atom. The lowest BCUT2D eigenvalue weighted by molar-refractivity contribution is -0.387. The van der Waals surface area contributed by atoms with Crippen LogP contribution in [0.2, 0.25) is 0 Å². The molecule has 9 nitrogen and oxygen atoms in total. The minimum Gasteiger partial charge on any atom is -0.479 e. The maximum Gasteiger partial charge on any atom is 0.354 e. The molecule has 1 aliphatic rings. The van der Waals surface area contributed by atoms with E-state index >= 15 is 0 Å². The monoisotopic (exact) mass is 337 g/mol. The zero-order chi connectivity index (χ0) is 18.2. The molecule has 0 radical (unpaired) electrons. The molecule has 1 aromatic rings. The molecule has 24 heavy (non-hydrogen) atoms. The van der Waals surface area contributed by atoms with Crippen LogP contribution in [0.25, 0.3) is 0 Å². The van der Waals surface area contributed by atoms with Crippen molar-refractivity contribution >= 4 is 29.0 Å². The summed E-state index contributed by atoms with van der Waals surface area (Å²) in [4.78, 5) is 37.8. The van der Waals surface area contributed by atoms with Crippen LogP contribution in [0.4, 0.5) is 15.8 Å². The molecule has 0 amide bonds. The van der Waals surface area contributed by atoms with E-state index in [1.807, 2.05) is 0 Å². The molecule has 0 saturated carbocycles. The van der Waals surface area contributed by atoms with Crippen LogP contribution >= 0.6 is 0 Å². The number of carboxylic acids is 2. The topological polar surface area (TPSA) is 133 Å². The first kappa shape index (κ1) is 17.1. The second kappa shape index (κ2) is 6.07. The van der Waals surface area contributed by atoms with Gasteiger partial charge in [-0.05, 0) is 26.0 Å². The van der Waals surface area contributed by atoms with E-state index < -0.39 is 40.1 Å². The summed E-state index contributed by atoms with van der Waals surface area (Å²) in [6.07, 6.45) is 0. The molecule has 0 spiro atoms. The van der Waals surface area contributed by atoms with Crippen LogP contribution in [0.3, 0.4) is 0 Å². The number of rotatable bonds is 4. The molecule has 0 fully saturated rings. The zero-order valence-electron chi connectivity index (χ0n) is 12.6. The fraction of sp³-hybridized carbons (Fsp3) is 0.214. The van der Waals surface area contributed by atoms with Crippen molar-refractivity contribution in [3.8, 4) is 0 Å². The SMILES string of the molecule is CC1=NC(C)=C(C(=O)O)N(c2ccc(F)c([N+](=O)[O-])c2)C1C(=O)O. The number of hydrogen-bond donors (Lipinski definition) is 2. The molecule has 126 valence electrons. The van der Waals surface area contributed by atoms with Gasteiger partial charge in [0, 0.05) is 17.5 Å². The van der Waals surface area contributed by atoms with Crippen molar-refractivity contribution in [2.45, 2.75) is 19.9 Å². The summed E-state index contributed by atoms with van der Waals surface area (Å²) < 4.78 is 13.5. The molecular weight excluding hydrogens is 325 g/mol. The molecule has 1 aromatic carbocycles. The summed E-state index contributed by atoms with van der Waals surface area (Å²) in [5.74, 6) is -3.97. The Bertz CT molecular complexity index is 817. The molecule has 0 bridgehead atoms. The number of benzene rings is 1. The summed E-state index contributed by atoms with van der Waals surface area (Å²) in [5.41, 5.74) is -1.35. The number of anilines is 1. The van der Waals surface area contributed by atoms with Crippen molar-refractivity contribution in [1.29, 1.82) is 0 Å². The number of aliphatic imine (C=N–C) groups is 1. The third kappa shape index (κ3) is 2.81. The number of carbonyl (C=O) groups is 2. The molecule has 10 heteroatoms. The summed E-state index contributed by atoms with van der Waals surface area (Å²) in [6.45, 7) is 2.77. The summed E-state index contributed by atoms with van der Waals surface area (Å²) in [5, 5.41) is 29.7. The van der Waals surface area contributed by atoms with Gasteiger partial charge in [0.15, 0.2) is 6.04 Å². The van der Waals surface area contributed by atoms with E-state index in [0.29, 0.717) is 0 Å². The molecule has 1 aliphatic heterocycles. The Balaban J connectivity index is 2.73. The molecular formula is C14H12FN3O6. The Hall–Kier alpha value is -3.30. The van der Waals surface area contributed by atoms with E-state index in [4.69, 9.17) is 0 Å². The number of aliphatic carboxylic acids is 2. The number of nitro groups is 1. The van der Waals surface area contributed by atoms with E-state index in [0.717, 1.165) is 23.1 Å². The van der Waals surface area contributed by atoms with Crippen molar-refractivity contribution in [1.82, 2.24) is 0 Å². The van der Waals surface area contributed by atoms with E-state index in [9.17, 15) is 34.3 Å². The molecule has 1 heterocycles. The normalized spacial score (nSPS) is 17.5. The van der Waals surface area contributed by atoms with E-state index in [1.54, 1.807) is 0 Å². The van der Waals surface area contributed by atoms with Gasteiger partial charge in [0.2, 0.25) is 5.82 Å². The molecule has 0 aliphatic carbocycles. The predicted molar refractivity (Wildman–Crippen MR) is 80.4 cm³/mol. The Morgan fingerprint density at radius 1 is 1.33 bits per heavy atom. The first-order chi connectivity index (χ1) is 11.1. The van der Waals surface area contributed by atoms with Gasteiger partial charge in [-0.1, -0.05) is 0 Å². The Labute approximate surface area is 134 Å². The number of carboxylic acid groups (broad SMARTS) is 2. The molecule has 1 unspecified atom stereocenters. The van der Waals surface area contributed by atoms with Crippen LogP contribution in [-0.4, -0.2) is 38.8 Å². The fourth-order valence-electron chi connectivity index (χ4n) is 2.48. The van der Waals surface area contributed by atoms with Gasteiger partial charge in [-0.2, -0.15) is 4.39 Å². The van der Waals surface area contributed by atoms with E-state index in [-0.39, 0.29) is 17.1 Å². The van der Waals surface area contributed by atoms with Crippen LogP contribution in [0.15, 0.2) is 34.6 Å². The van der Waals surface area contributed by atoms with Crippen molar-refractivity contribution < 1.29 is 29.1 Å². The molecule has 0 saturated heterocycles. The van der Waals surface area contributed by atoms with Crippen LogP contribution in [-0.2, 0) is 9.59 Å². The largest absolute Gasteiger partial charge is 0.479 e. The lowest BCUT2D eigenvalue weighted by atomic mass is 10.0.